The van der Waals surface area contributed by atoms with Crippen LogP contribution in [0.1, 0.15) is 25.0 Å². The van der Waals surface area contributed by atoms with Crippen molar-refractivity contribution in [3.8, 4) is 11.8 Å². The quantitative estimate of drug-likeness (QED) is 0.562. The zero-order valence-electron chi connectivity index (χ0n) is 19.0. The number of alkyl halides is 3. The minimum absolute atomic E-state index is 0.0818. The Morgan fingerprint density at radius 3 is 2.29 bits per heavy atom. The second kappa shape index (κ2) is 8.45. The molecule has 0 amide bonds. The molecule has 2 saturated heterocycles. The number of aryl methyl sites for hydroxylation is 1. The summed E-state index contributed by atoms with van der Waals surface area (Å²) < 4.78 is 42.7. The summed E-state index contributed by atoms with van der Waals surface area (Å²) in [6.07, 6.45) is -1.96. The molecule has 35 heavy (non-hydrogen) atoms. The van der Waals surface area contributed by atoms with Gasteiger partial charge in [0.05, 0.1) is 5.52 Å². The highest BCUT2D eigenvalue weighted by Crippen LogP contribution is 2.43. The molecule has 2 fully saturated rings. The average Bonchev–Trinajstić information content (AvgIpc) is 3.24. The molecule has 1 aromatic carbocycles. The van der Waals surface area contributed by atoms with E-state index in [2.05, 4.69) is 24.5 Å². The lowest BCUT2D eigenvalue weighted by molar-refractivity contribution is -0.274. The van der Waals surface area contributed by atoms with E-state index in [9.17, 15) is 23.2 Å². The molecule has 0 N–H and O–H groups in total. The van der Waals surface area contributed by atoms with Gasteiger partial charge in [0.2, 0.25) is 0 Å². The normalized spacial score (nSPS) is 17.7. The number of piperidine rings is 1. The highest BCUT2D eigenvalue weighted by Gasteiger charge is 2.41. The van der Waals surface area contributed by atoms with Crippen molar-refractivity contribution in [2.24, 2.45) is 12.5 Å². The SMILES string of the molecule is Cn1c(=O)nc(N2CCC3(CCN(c4ccc(OC(F)(F)F)cc4)C3)CC2)c2nc(C#N)ccc21. The Morgan fingerprint density at radius 2 is 1.66 bits per heavy atom. The third-order valence-corrected chi connectivity index (χ3v) is 7.05. The lowest BCUT2D eigenvalue weighted by Crippen LogP contribution is -2.43. The van der Waals surface area contributed by atoms with Gasteiger partial charge in [-0.25, -0.2) is 9.78 Å². The molecule has 2 aliphatic rings. The molecule has 182 valence electrons. The van der Waals surface area contributed by atoms with E-state index in [1.807, 2.05) is 6.07 Å². The Hall–Kier alpha value is -3.81. The molecule has 0 bridgehead atoms. The van der Waals surface area contributed by atoms with Crippen LogP contribution < -0.4 is 20.2 Å². The van der Waals surface area contributed by atoms with Crippen molar-refractivity contribution in [2.45, 2.75) is 25.6 Å². The summed E-state index contributed by atoms with van der Waals surface area (Å²) in [4.78, 5) is 25.4. The van der Waals surface area contributed by atoms with Gasteiger partial charge in [-0.3, -0.25) is 4.57 Å². The Kier molecular flexibility index (Phi) is 5.54. The maximum atomic E-state index is 12.5. The van der Waals surface area contributed by atoms with Gasteiger partial charge in [-0.15, -0.1) is 13.2 Å². The van der Waals surface area contributed by atoms with Gasteiger partial charge in [-0.05, 0) is 61.1 Å². The van der Waals surface area contributed by atoms with E-state index in [0.29, 0.717) is 29.9 Å². The summed E-state index contributed by atoms with van der Waals surface area (Å²) >= 11 is 0. The van der Waals surface area contributed by atoms with E-state index in [1.54, 1.807) is 31.3 Å². The number of benzene rings is 1. The molecule has 5 rings (SSSR count). The molecule has 1 spiro atoms. The van der Waals surface area contributed by atoms with E-state index in [0.717, 1.165) is 38.0 Å². The van der Waals surface area contributed by atoms with Crippen molar-refractivity contribution < 1.29 is 17.9 Å². The van der Waals surface area contributed by atoms with Gasteiger partial charge in [0, 0.05) is 38.9 Å². The number of aromatic nitrogens is 3. The van der Waals surface area contributed by atoms with E-state index in [4.69, 9.17) is 0 Å². The van der Waals surface area contributed by atoms with Crippen molar-refractivity contribution in [3.05, 3.63) is 52.6 Å². The molecular weight excluding hydrogens is 461 g/mol. The van der Waals surface area contributed by atoms with Crippen molar-refractivity contribution in [1.29, 1.82) is 5.26 Å². The van der Waals surface area contributed by atoms with Crippen molar-refractivity contribution in [2.75, 3.05) is 36.0 Å². The summed E-state index contributed by atoms with van der Waals surface area (Å²) in [5.41, 5.74) is 2.01. The van der Waals surface area contributed by atoms with Crippen LogP contribution in [0.3, 0.4) is 0 Å². The van der Waals surface area contributed by atoms with Gasteiger partial charge in [0.15, 0.2) is 5.82 Å². The summed E-state index contributed by atoms with van der Waals surface area (Å²) in [5.74, 6) is 0.274. The monoisotopic (exact) mass is 484 g/mol. The van der Waals surface area contributed by atoms with Crippen LogP contribution in [-0.2, 0) is 7.05 Å². The molecule has 2 aliphatic heterocycles. The number of rotatable bonds is 3. The molecule has 8 nitrogen and oxygen atoms in total. The van der Waals surface area contributed by atoms with Gasteiger partial charge < -0.3 is 14.5 Å². The lowest BCUT2D eigenvalue weighted by atomic mass is 9.78. The number of anilines is 2. The zero-order valence-corrected chi connectivity index (χ0v) is 19.0. The topological polar surface area (TPSA) is 87.3 Å². The van der Waals surface area contributed by atoms with Crippen molar-refractivity contribution >= 4 is 22.5 Å². The number of hydrogen-bond donors (Lipinski definition) is 0. The van der Waals surface area contributed by atoms with Gasteiger partial charge in [0.1, 0.15) is 23.0 Å². The molecule has 0 aliphatic carbocycles. The number of halogens is 3. The molecule has 0 saturated carbocycles. The number of fused-ring (bicyclic) bond motifs is 1. The van der Waals surface area contributed by atoms with Gasteiger partial charge in [-0.2, -0.15) is 10.2 Å². The number of ether oxygens (including phenoxy) is 1. The van der Waals surface area contributed by atoms with Gasteiger partial charge in [-0.1, -0.05) is 0 Å². The maximum Gasteiger partial charge on any atom is 0.573 e. The summed E-state index contributed by atoms with van der Waals surface area (Å²) in [6.45, 7) is 3.02. The summed E-state index contributed by atoms with van der Waals surface area (Å²) in [6, 6.07) is 11.3. The Bertz CT molecular complexity index is 1360. The first-order chi connectivity index (χ1) is 16.7. The number of nitrogens with zero attached hydrogens (tertiary/aromatic N) is 6. The Labute approximate surface area is 199 Å². The number of nitriles is 1. The molecule has 4 heterocycles. The molecule has 11 heteroatoms. The predicted octanol–water partition coefficient (Wildman–Crippen LogP) is 3.60. The van der Waals surface area contributed by atoms with E-state index >= 15 is 0 Å². The zero-order chi connectivity index (χ0) is 24.8. The van der Waals surface area contributed by atoms with Crippen LogP contribution in [0.15, 0.2) is 41.2 Å². The second-order valence-corrected chi connectivity index (χ2v) is 9.15. The van der Waals surface area contributed by atoms with Crippen molar-refractivity contribution in [1.82, 2.24) is 14.5 Å². The smallest absolute Gasteiger partial charge is 0.406 e. The first-order valence-electron chi connectivity index (χ1n) is 11.3. The lowest BCUT2D eigenvalue weighted by Gasteiger charge is -2.40. The molecule has 0 radical (unpaired) electrons. The van der Waals surface area contributed by atoms with Crippen LogP contribution in [0.4, 0.5) is 24.7 Å². The van der Waals surface area contributed by atoms with E-state index in [-0.39, 0.29) is 22.5 Å². The van der Waals surface area contributed by atoms with Crippen LogP contribution in [0.5, 0.6) is 5.75 Å². The predicted molar refractivity (Wildman–Crippen MR) is 123 cm³/mol. The van der Waals surface area contributed by atoms with Crippen LogP contribution >= 0.6 is 0 Å². The van der Waals surface area contributed by atoms with Crippen LogP contribution in [0, 0.1) is 16.7 Å². The first-order valence-corrected chi connectivity index (χ1v) is 11.3. The molecule has 3 aromatic rings. The summed E-state index contributed by atoms with van der Waals surface area (Å²) in [7, 11) is 1.63. The highest BCUT2D eigenvalue weighted by molar-refractivity contribution is 5.86. The third-order valence-electron chi connectivity index (χ3n) is 7.05. The minimum atomic E-state index is -4.71. The molecular formula is C24H23F3N6O2. The largest absolute Gasteiger partial charge is 0.573 e. The third kappa shape index (κ3) is 4.48. The number of hydrogen-bond acceptors (Lipinski definition) is 7. The van der Waals surface area contributed by atoms with Gasteiger partial charge >= 0.3 is 12.1 Å². The van der Waals surface area contributed by atoms with Gasteiger partial charge in [0.25, 0.3) is 0 Å². The minimum Gasteiger partial charge on any atom is -0.406 e. The molecule has 0 atom stereocenters. The fourth-order valence-corrected chi connectivity index (χ4v) is 5.11. The van der Waals surface area contributed by atoms with E-state index in [1.165, 1.54) is 16.7 Å². The molecule has 2 aromatic heterocycles. The summed E-state index contributed by atoms with van der Waals surface area (Å²) in [5, 5.41) is 9.27. The van der Waals surface area contributed by atoms with Crippen LogP contribution in [0.25, 0.3) is 11.0 Å². The van der Waals surface area contributed by atoms with Crippen LogP contribution in [0.2, 0.25) is 0 Å². The highest BCUT2D eigenvalue weighted by atomic mass is 19.4. The average molecular weight is 484 g/mol. The Morgan fingerprint density at radius 1 is 1.00 bits per heavy atom. The number of pyridine rings is 1. The Balaban J connectivity index is 1.31. The van der Waals surface area contributed by atoms with E-state index < -0.39 is 6.36 Å². The first kappa shape index (κ1) is 23.0. The fourth-order valence-electron chi connectivity index (χ4n) is 5.11. The maximum absolute atomic E-state index is 12.5. The molecule has 0 unspecified atom stereocenters. The standard InChI is InChI=1S/C24H23F3N6O2/c1-31-19-7-2-16(14-28)29-20(19)21(30-22(31)34)32-11-8-23(9-12-32)10-13-33(15-23)17-3-5-18(6-4-17)35-24(25,26)27/h2-7H,8-13,15H2,1H3. The van der Waals surface area contributed by atoms with Crippen LogP contribution in [-0.4, -0.2) is 47.1 Å². The second-order valence-electron chi connectivity index (χ2n) is 9.15. The van der Waals surface area contributed by atoms with Crippen molar-refractivity contribution in [3.63, 3.8) is 0 Å². The fraction of sp³-hybridized carbons (Fsp3) is 0.417.